The summed E-state index contributed by atoms with van der Waals surface area (Å²) in [6.07, 6.45) is 0.233. The average Bonchev–Trinajstić information content (AvgIpc) is 3.30. The Hall–Kier alpha value is -3.82. The second kappa shape index (κ2) is 9.44. The van der Waals surface area contributed by atoms with Gasteiger partial charge in [-0.05, 0) is 42.5 Å². The van der Waals surface area contributed by atoms with Crippen LogP contribution in [0.5, 0.6) is 0 Å². The molecule has 0 spiro atoms. The Bertz CT molecular complexity index is 1250. The molecule has 0 atom stereocenters. The fourth-order valence-electron chi connectivity index (χ4n) is 4.61. The molecule has 1 saturated heterocycles. The van der Waals surface area contributed by atoms with Gasteiger partial charge in [-0.1, -0.05) is 0 Å². The predicted molar refractivity (Wildman–Crippen MR) is 122 cm³/mol. The van der Waals surface area contributed by atoms with Gasteiger partial charge in [-0.15, -0.1) is 0 Å². The predicted octanol–water partition coefficient (Wildman–Crippen LogP) is 2.92. The van der Waals surface area contributed by atoms with E-state index < -0.39 is 11.6 Å². The molecule has 0 bridgehead atoms. The number of nitrogens with one attached hydrogen (secondary N) is 1. The number of hydrogen-bond donors (Lipinski definition) is 1. The summed E-state index contributed by atoms with van der Waals surface area (Å²) in [5.41, 5.74) is 2.65. The van der Waals surface area contributed by atoms with Crippen molar-refractivity contribution in [2.24, 2.45) is 0 Å². The summed E-state index contributed by atoms with van der Waals surface area (Å²) in [5.74, 6) is -2.08. The van der Waals surface area contributed by atoms with Crippen LogP contribution in [0.25, 0.3) is 0 Å². The summed E-state index contributed by atoms with van der Waals surface area (Å²) in [5, 5.41) is 7.17. The molecule has 35 heavy (non-hydrogen) atoms. The highest BCUT2D eigenvalue weighted by Gasteiger charge is 2.31. The number of amides is 2. The van der Waals surface area contributed by atoms with E-state index in [4.69, 9.17) is 0 Å². The van der Waals surface area contributed by atoms with Gasteiger partial charge in [0.2, 0.25) is 5.91 Å². The molecule has 5 rings (SSSR count). The fraction of sp³-hybridized carbons (Fsp3) is 0.320. The van der Waals surface area contributed by atoms with E-state index in [2.05, 4.69) is 15.1 Å². The number of carbonyl (C=O) groups excluding carboxylic acids is 2. The number of H-pyrrole nitrogens is 1. The second-order valence-corrected chi connectivity index (χ2v) is 8.76. The minimum Gasteiger partial charge on any atom is -0.368 e. The number of aromatic amines is 1. The Morgan fingerprint density at radius 2 is 1.60 bits per heavy atom. The molecule has 2 aliphatic heterocycles. The van der Waals surface area contributed by atoms with Crippen LogP contribution in [0.1, 0.15) is 27.3 Å². The normalized spacial score (nSPS) is 15.8. The van der Waals surface area contributed by atoms with Gasteiger partial charge in [0.05, 0.1) is 6.42 Å². The molecule has 7 nitrogen and oxygen atoms in total. The van der Waals surface area contributed by atoms with Crippen LogP contribution in [0, 0.1) is 17.5 Å². The topological polar surface area (TPSA) is 72.5 Å². The van der Waals surface area contributed by atoms with Gasteiger partial charge in [0.15, 0.2) is 5.69 Å². The van der Waals surface area contributed by atoms with E-state index in [0.29, 0.717) is 44.7 Å². The van der Waals surface area contributed by atoms with Gasteiger partial charge in [-0.2, -0.15) is 5.10 Å². The van der Waals surface area contributed by atoms with Crippen LogP contribution < -0.4 is 4.90 Å². The third-order valence-electron chi connectivity index (χ3n) is 6.60. The first-order valence-corrected chi connectivity index (χ1v) is 11.5. The van der Waals surface area contributed by atoms with Crippen molar-refractivity contribution >= 4 is 17.5 Å². The van der Waals surface area contributed by atoms with E-state index in [1.165, 1.54) is 12.1 Å². The number of benzene rings is 2. The van der Waals surface area contributed by atoms with Gasteiger partial charge in [-0.3, -0.25) is 14.7 Å². The lowest BCUT2D eigenvalue weighted by atomic mass is 10.0. The van der Waals surface area contributed by atoms with Crippen LogP contribution in [0.3, 0.4) is 0 Å². The van der Waals surface area contributed by atoms with Gasteiger partial charge in [0, 0.05) is 68.2 Å². The summed E-state index contributed by atoms with van der Waals surface area (Å²) in [4.78, 5) is 31.4. The Kier molecular flexibility index (Phi) is 6.19. The first kappa shape index (κ1) is 22.9. The molecule has 1 aromatic heterocycles. The number of halogens is 3. The third kappa shape index (κ3) is 4.73. The minimum absolute atomic E-state index is 0.00307. The van der Waals surface area contributed by atoms with Crippen molar-refractivity contribution in [2.75, 3.05) is 37.6 Å². The smallest absolute Gasteiger partial charge is 0.274 e. The van der Waals surface area contributed by atoms with Gasteiger partial charge in [-0.25, -0.2) is 13.2 Å². The molecule has 3 aromatic rings. The van der Waals surface area contributed by atoms with Gasteiger partial charge in [0.25, 0.3) is 5.91 Å². The van der Waals surface area contributed by atoms with Crippen LogP contribution in [-0.2, 0) is 24.2 Å². The number of anilines is 1. The molecule has 0 saturated carbocycles. The summed E-state index contributed by atoms with van der Waals surface area (Å²) in [6.45, 7) is 2.76. The number of fused-ring (bicyclic) bond motifs is 1. The number of nitrogens with zero attached hydrogens (tertiary/aromatic N) is 4. The maximum absolute atomic E-state index is 14.0. The maximum atomic E-state index is 14.0. The standard InChI is InChI=1S/C25H24F3N5O2/c26-17-1-4-19(5-2-17)31-9-11-32(12-10-31)25(35)24-20-15-33(8-7-22(20)29-30-24)23(34)14-16-13-18(27)3-6-21(16)28/h1-6,13H,7-12,14-15H2,(H,29,30). The summed E-state index contributed by atoms with van der Waals surface area (Å²) < 4.78 is 40.7. The monoisotopic (exact) mass is 483 g/mol. The molecular formula is C25H24F3N5O2. The zero-order valence-corrected chi connectivity index (χ0v) is 18.9. The lowest BCUT2D eigenvalue weighted by Gasteiger charge is -2.36. The SMILES string of the molecule is O=C(Cc1cc(F)ccc1F)N1CCc2[nH]nc(C(=O)N3CCN(c4ccc(F)cc4)CC3)c2C1. The minimum atomic E-state index is -0.628. The zero-order chi connectivity index (χ0) is 24.5. The Morgan fingerprint density at radius 3 is 2.34 bits per heavy atom. The summed E-state index contributed by atoms with van der Waals surface area (Å²) in [6, 6.07) is 9.32. The molecule has 182 valence electrons. The Labute approximate surface area is 200 Å². The number of rotatable bonds is 4. The van der Waals surface area contributed by atoms with E-state index in [0.717, 1.165) is 29.6 Å². The highest BCUT2D eigenvalue weighted by Crippen LogP contribution is 2.24. The number of carbonyl (C=O) groups is 2. The van der Waals surface area contributed by atoms with Crippen LogP contribution >= 0.6 is 0 Å². The molecule has 1 N–H and O–H groups in total. The largest absolute Gasteiger partial charge is 0.368 e. The van der Waals surface area contributed by atoms with Crippen molar-refractivity contribution < 1.29 is 22.8 Å². The van der Waals surface area contributed by atoms with E-state index >= 15 is 0 Å². The van der Waals surface area contributed by atoms with Crippen LogP contribution in [0.15, 0.2) is 42.5 Å². The first-order valence-electron chi connectivity index (χ1n) is 11.5. The lowest BCUT2D eigenvalue weighted by molar-refractivity contribution is -0.131. The molecule has 0 unspecified atom stereocenters. The van der Waals surface area contributed by atoms with Crippen LogP contribution in [0.2, 0.25) is 0 Å². The van der Waals surface area contributed by atoms with Crippen LogP contribution in [0.4, 0.5) is 18.9 Å². The Morgan fingerprint density at radius 1 is 0.886 bits per heavy atom. The molecule has 2 aliphatic rings. The molecule has 0 radical (unpaired) electrons. The summed E-state index contributed by atoms with van der Waals surface area (Å²) >= 11 is 0. The van der Waals surface area contributed by atoms with Crippen molar-refractivity contribution in [1.29, 1.82) is 0 Å². The Balaban J connectivity index is 1.24. The molecule has 0 aliphatic carbocycles. The number of hydrogen-bond acceptors (Lipinski definition) is 4. The fourth-order valence-corrected chi connectivity index (χ4v) is 4.61. The zero-order valence-electron chi connectivity index (χ0n) is 18.9. The van der Waals surface area contributed by atoms with Gasteiger partial charge in [0.1, 0.15) is 17.5 Å². The highest BCUT2D eigenvalue weighted by atomic mass is 19.1. The molecule has 3 heterocycles. The van der Waals surface area contributed by atoms with Crippen molar-refractivity contribution in [3.63, 3.8) is 0 Å². The number of aromatic nitrogens is 2. The van der Waals surface area contributed by atoms with Crippen molar-refractivity contribution in [2.45, 2.75) is 19.4 Å². The van der Waals surface area contributed by atoms with E-state index in [1.54, 1.807) is 21.9 Å². The summed E-state index contributed by atoms with van der Waals surface area (Å²) in [7, 11) is 0. The quantitative estimate of drug-likeness (QED) is 0.620. The van der Waals surface area contributed by atoms with E-state index in [-0.39, 0.29) is 41.9 Å². The first-order chi connectivity index (χ1) is 16.9. The molecule has 2 aromatic carbocycles. The van der Waals surface area contributed by atoms with Gasteiger partial charge < -0.3 is 14.7 Å². The van der Waals surface area contributed by atoms with Crippen LogP contribution in [-0.4, -0.2) is 64.5 Å². The van der Waals surface area contributed by atoms with E-state index in [9.17, 15) is 22.8 Å². The van der Waals surface area contributed by atoms with Crippen molar-refractivity contribution in [1.82, 2.24) is 20.0 Å². The number of piperazine rings is 1. The molecule has 1 fully saturated rings. The molecular weight excluding hydrogens is 459 g/mol. The van der Waals surface area contributed by atoms with E-state index in [1.807, 2.05) is 0 Å². The molecule has 10 heteroatoms. The highest BCUT2D eigenvalue weighted by molar-refractivity contribution is 5.94. The van der Waals surface area contributed by atoms with Crippen molar-refractivity contribution in [3.05, 3.63) is 82.4 Å². The maximum Gasteiger partial charge on any atom is 0.274 e. The molecule has 2 amide bonds. The lowest BCUT2D eigenvalue weighted by Crippen LogP contribution is -2.49. The van der Waals surface area contributed by atoms with Gasteiger partial charge >= 0.3 is 0 Å². The van der Waals surface area contributed by atoms with Crippen molar-refractivity contribution in [3.8, 4) is 0 Å². The average molecular weight is 483 g/mol. The second-order valence-electron chi connectivity index (χ2n) is 8.76. The third-order valence-corrected chi connectivity index (χ3v) is 6.60.